The van der Waals surface area contributed by atoms with E-state index in [0.717, 1.165) is 4.90 Å². The first kappa shape index (κ1) is 13.7. The zero-order valence-corrected chi connectivity index (χ0v) is 10.6. The van der Waals surface area contributed by atoms with Gasteiger partial charge < -0.3 is 10.0 Å². The number of rotatable bonds is 3. The third kappa shape index (κ3) is 2.14. The van der Waals surface area contributed by atoms with Gasteiger partial charge in [0.25, 0.3) is 5.91 Å². The van der Waals surface area contributed by atoms with Crippen LogP contribution in [0.4, 0.5) is 4.39 Å². The highest BCUT2D eigenvalue weighted by Crippen LogP contribution is 2.37. The van der Waals surface area contributed by atoms with Crippen molar-refractivity contribution in [2.75, 3.05) is 6.54 Å². The van der Waals surface area contributed by atoms with E-state index in [1.807, 2.05) is 6.07 Å². The van der Waals surface area contributed by atoms with E-state index in [4.69, 9.17) is 5.26 Å². The molecule has 0 bridgehead atoms. The predicted octanol–water partition coefficient (Wildman–Crippen LogP) is 1.63. The van der Waals surface area contributed by atoms with Crippen LogP contribution in [0, 0.1) is 17.1 Å². The average Bonchev–Trinajstić information content (AvgIpc) is 2.65. The molecule has 2 rings (SSSR count). The topological polar surface area (TPSA) is 81.4 Å². The number of Topliss-reactive ketones (excluding diaryl/α,β-unsaturated/α-hetero) is 1. The Hall–Kier alpha value is -2.68. The molecule has 5 nitrogen and oxygen atoms in total. The second-order valence-electron chi connectivity index (χ2n) is 4.36. The van der Waals surface area contributed by atoms with Crippen molar-refractivity contribution in [3.63, 3.8) is 0 Å². The van der Waals surface area contributed by atoms with E-state index in [0.29, 0.717) is 5.56 Å². The molecular weight excluding hydrogens is 263 g/mol. The number of amides is 1. The largest absolute Gasteiger partial charge is 0.503 e. The lowest BCUT2D eigenvalue weighted by Crippen LogP contribution is -2.31. The van der Waals surface area contributed by atoms with E-state index < -0.39 is 29.3 Å². The minimum Gasteiger partial charge on any atom is -0.503 e. The monoisotopic (exact) mass is 274 g/mol. The van der Waals surface area contributed by atoms with Gasteiger partial charge in [0.05, 0.1) is 17.7 Å². The van der Waals surface area contributed by atoms with Crippen molar-refractivity contribution in [2.24, 2.45) is 0 Å². The van der Waals surface area contributed by atoms with Gasteiger partial charge in [0, 0.05) is 0 Å². The van der Waals surface area contributed by atoms with Crippen LogP contribution in [0.3, 0.4) is 0 Å². The number of hydrogen-bond donors (Lipinski definition) is 1. The molecule has 0 unspecified atom stereocenters. The summed E-state index contributed by atoms with van der Waals surface area (Å²) in [6.07, 6.45) is 0. The zero-order valence-electron chi connectivity index (χ0n) is 10.6. The lowest BCUT2D eigenvalue weighted by Gasteiger charge is -2.23. The number of nitrogens with zero attached hydrogens (tertiary/aromatic N) is 2. The molecule has 20 heavy (non-hydrogen) atoms. The summed E-state index contributed by atoms with van der Waals surface area (Å²) in [4.78, 5) is 24.6. The van der Waals surface area contributed by atoms with Gasteiger partial charge in [-0.1, -0.05) is 12.1 Å². The lowest BCUT2D eigenvalue weighted by molar-refractivity contribution is -0.128. The standard InChI is InChI=1S/C14H11FN2O3/c1-8(18)11-12(9-2-4-10(15)5-3-9)17(7-6-16)14(20)13(11)19/h2-5,12,19H,7H2,1H3/t12-/m0/s1. The maximum Gasteiger partial charge on any atom is 0.290 e. The van der Waals surface area contributed by atoms with Crippen molar-refractivity contribution in [1.29, 1.82) is 5.26 Å². The fraction of sp³-hybridized carbons (Fsp3) is 0.214. The van der Waals surface area contributed by atoms with Gasteiger partial charge in [-0.3, -0.25) is 9.59 Å². The van der Waals surface area contributed by atoms with Crippen LogP contribution in [0.1, 0.15) is 18.5 Å². The van der Waals surface area contributed by atoms with Gasteiger partial charge in [0.15, 0.2) is 11.5 Å². The molecule has 0 saturated carbocycles. The Morgan fingerprint density at radius 2 is 2.05 bits per heavy atom. The van der Waals surface area contributed by atoms with Crippen molar-refractivity contribution in [1.82, 2.24) is 4.90 Å². The normalized spacial score (nSPS) is 18.4. The molecule has 1 aliphatic heterocycles. The third-order valence-corrected chi connectivity index (χ3v) is 3.11. The SMILES string of the molecule is CC(=O)C1=C(O)C(=O)N(CC#N)[C@H]1c1ccc(F)cc1. The van der Waals surface area contributed by atoms with E-state index in [1.165, 1.54) is 31.2 Å². The maximum absolute atomic E-state index is 13.0. The van der Waals surface area contributed by atoms with Crippen LogP contribution in [0.5, 0.6) is 0 Å². The van der Waals surface area contributed by atoms with Gasteiger partial charge in [-0.15, -0.1) is 0 Å². The van der Waals surface area contributed by atoms with Crippen LogP contribution in [-0.2, 0) is 9.59 Å². The van der Waals surface area contributed by atoms with Crippen LogP contribution >= 0.6 is 0 Å². The fourth-order valence-electron chi connectivity index (χ4n) is 2.24. The number of halogens is 1. The molecule has 0 fully saturated rings. The molecule has 6 heteroatoms. The zero-order chi connectivity index (χ0) is 14.9. The highest BCUT2D eigenvalue weighted by Gasteiger charge is 2.42. The Bertz CT molecular complexity index is 643. The molecule has 1 N–H and O–H groups in total. The molecule has 0 radical (unpaired) electrons. The van der Waals surface area contributed by atoms with Gasteiger partial charge in [0.2, 0.25) is 0 Å². The molecular formula is C14H11FN2O3. The number of hydrogen-bond acceptors (Lipinski definition) is 4. The van der Waals surface area contributed by atoms with Crippen LogP contribution in [-0.4, -0.2) is 28.2 Å². The first-order valence-electron chi connectivity index (χ1n) is 5.84. The first-order valence-corrected chi connectivity index (χ1v) is 5.84. The molecule has 102 valence electrons. The summed E-state index contributed by atoms with van der Waals surface area (Å²) in [5, 5.41) is 18.6. The van der Waals surface area contributed by atoms with Gasteiger partial charge in [0.1, 0.15) is 12.4 Å². The van der Waals surface area contributed by atoms with Crippen LogP contribution in [0.2, 0.25) is 0 Å². The minimum atomic E-state index is -0.861. The second-order valence-corrected chi connectivity index (χ2v) is 4.36. The number of benzene rings is 1. The summed E-state index contributed by atoms with van der Waals surface area (Å²) in [5.41, 5.74) is 0.390. The highest BCUT2D eigenvalue weighted by atomic mass is 19.1. The second kappa shape index (κ2) is 5.13. The lowest BCUT2D eigenvalue weighted by atomic mass is 9.97. The van der Waals surface area contributed by atoms with Crippen molar-refractivity contribution in [2.45, 2.75) is 13.0 Å². The molecule has 0 spiro atoms. The van der Waals surface area contributed by atoms with Crippen LogP contribution in [0.15, 0.2) is 35.6 Å². The van der Waals surface area contributed by atoms with Gasteiger partial charge in [-0.05, 0) is 24.6 Å². The van der Waals surface area contributed by atoms with Crippen molar-refractivity contribution < 1.29 is 19.1 Å². The number of nitriles is 1. The van der Waals surface area contributed by atoms with Crippen molar-refractivity contribution in [3.05, 3.63) is 47.0 Å². The molecule has 0 aliphatic carbocycles. The smallest absolute Gasteiger partial charge is 0.290 e. The maximum atomic E-state index is 13.0. The van der Waals surface area contributed by atoms with Crippen LogP contribution < -0.4 is 0 Å². The molecule has 1 aromatic carbocycles. The van der Waals surface area contributed by atoms with Crippen molar-refractivity contribution >= 4 is 11.7 Å². The fourth-order valence-corrected chi connectivity index (χ4v) is 2.24. The Morgan fingerprint density at radius 1 is 1.45 bits per heavy atom. The molecule has 1 heterocycles. The molecule has 1 aliphatic rings. The number of aliphatic hydroxyl groups excluding tert-OH is 1. The number of ketones is 1. The first-order chi connectivity index (χ1) is 9.47. The van der Waals surface area contributed by atoms with E-state index in [9.17, 15) is 19.1 Å². The minimum absolute atomic E-state index is 0.0724. The number of aliphatic hydroxyl groups is 1. The Labute approximate surface area is 114 Å². The summed E-state index contributed by atoms with van der Waals surface area (Å²) in [5.74, 6) is -2.35. The summed E-state index contributed by atoms with van der Waals surface area (Å²) < 4.78 is 13.0. The summed E-state index contributed by atoms with van der Waals surface area (Å²) >= 11 is 0. The van der Waals surface area contributed by atoms with Crippen LogP contribution in [0.25, 0.3) is 0 Å². The summed E-state index contributed by atoms with van der Waals surface area (Å²) in [6.45, 7) is 0.951. The van der Waals surface area contributed by atoms with Gasteiger partial charge in [-0.2, -0.15) is 5.26 Å². The quantitative estimate of drug-likeness (QED) is 0.849. The number of carbonyl (C=O) groups is 2. The Kier molecular flexibility index (Phi) is 3.53. The van der Waals surface area contributed by atoms with E-state index in [-0.39, 0.29) is 12.1 Å². The highest BCUT2D eigenvalue weighted by molar-refractivity contribution is 6.08. The summed E-state index contributed by atoms with van der Waals surface area (Å²) in [6, 6.07) is 6.17. The van der Waals surface area contributed by atoms with E-state index in [2.05, 4.69) is 0 Å². The molecule has 1 amide bonds. The Morgan fingerprint density at radius 3 is 2.55 bits per heavy atom. The number of carbonyl (C=O) groups excluding carboxylic acids is 2. The molecule has 1 atom stereocenters. The third-order valence-electron chi connectivity index (χ3n) is 3.11. The van der Waals surface area contributed by atoms with E-state index in [1.54, 1.807) is 0 Å². The molecule has 0 saturated heterocycles. The average molecular weight is 274 g/mol. The summed E-state index contributed by atoms with van der Waals surface area (Å²) in [7, 11) is 0. The molecule has 0 aromatic heterocycles. The predicted molar refractivity (Wildman–Crippen MR) is 66.8 cm³/mol. The van der Waals surface area contributed by atoms with Crippen molar-refractivity contribution in [3.8, 4) is 6.07 Å². The van der Waals surface area contributed by atoms with Gasteiger partial charge >= 0.3 is 0 Å². The Balaban J connectivity index is 2.54. The molecule has 1 aromatic rings. The van der Waals surface area contributed by atoms with Gasteiger partial charge in [-0.25, -0.2) is 4.39 Å². The van der Waals surface area contributed by atoms with E-state index >= 15 is 0 Å².